The second-order valence-electron chi connectivity index (χ2n) is 6.10. The lowest BCUT2D eigenvalue weighted by molar-refractivity contribution is 1.02. The van der Waals surface area contributed by atoms with E-state index in [1.54, 1.807) is 0 Å². The zero-order valence-corrected chi connectivity index (χ0v) is 14.3. The van der Waals surface area contributed by atoms with Gasteiger partial charge >= 0.3 is 0 Å². The first kappa shape index (κ1) is 13.1. The van der Waals surface area contributed by atoms with Crippen molar-refractivity contribution in [2.75, 3.05) is 0 Å². The molecular formula is C21H14BrN. The van der Waals surface area contributed by atoms with Crippen LogP contribution in [0.5, 0.6) is 0 Å². The summed E-state index contributed by atoms with van der Waals surface area (Å²) in [6.07, 6.45) is 0. The van der Waals surface area contributed by atoms with E-state index in [9.17, 15) is 0 Å². The Bertz CT molecular complexity index is 1230. The smallest absolute Gasteiger partial charge is 0.0568 e. The minimum atomic E-state index is 1.12. The van der Waals surface area contributed by atoms with Gasteiger partial charge in [-0.1, -0.05) is 52.3 Å². The second kappa shape index (κ2) is 4.59. The number of halogens is 1. The second-order valence-corrected chi connectivity index (χ2v) is 7.02. The lowest BCUT2D eigenvalue weighted by atomic mass is 10.0. The van der Waals surface area contributed by atoms with Gasteiger partial charge in [0.25, 0.3) is 0 Å². The minimum absolute atomic E-state index is 1.12. The van der Waals surface area contributed by atoms with Gasteiger partial charge in [-0.15, -0.1) is 0 Å². The zero-order chi connectivity index (χ0) is 15.6. The van der Waals surface area contributed by atoms with Crippen LogP contribution in [0.2, 0.25) is 0 Å². The van der Waals surface area contributed by atoms with Crippen LogP contribution in [0.4, 0.5) is 0 Å². The van der Waals surface area contributed by atoms with E-state index in [2.05, 4.69) is 94.3 Å². The quantitative estimate of drug-likeness (QED) is 0.282. The van der Waals surface area contributed by atoms with Gasteiger partial charge in [0.05, 0.1) is 5.52 Å². The lowest BCUT2D eigenvalue weighted by Gasteiger charge is -2.06. The van der Waals surface area contributed by atoms with Crippen molar-refractivity contribution < 1.29 is 0 Å². The van der Waals surface area contributed by atoms with E-state index in [1.165, 1.54) is 43.4 Å². The van der Waals surface area contributed by atoms with E-state index in [4.69, 9.17) is 0 Å². The Morgan fingerprint density at radius 3 is 2.30 bits per heavy atom. The summed E-state index contributed by atoms with van der Waals surface area (Å²) in [7, 11) is 2.16. The molecule has 2 heteroatoms. The summed E-state index contributed by atoms with van der Waals surface area (Å²) in [6, 6.07) is 24.2. The maximum atomic E-state index is 3.60. The van der Waals surface area contributed by atoms with Crippen LogP contribution in [-0.4, -0.2) is 4.57 Å². The Balaban J connectivity index is 2.06. The SMILES string of the molecule is Cn1c2ccc(Br)cc2c2ccc3cc4ccccc4cc3c21. The van der Waals surface area contributed by atoms with Gasteiger partial charge in [-0.3, -0.25) is 0 Å². The summed E-state index contributed by atoms with van der Waals surface area (Å²) < 4.78 is 3.44. The first-order valence-electron chi connectivity index (χ1n) is 7.71. The molecule has 1 aromatic heterocycles. The van der Waals surface area contributed by atoms with E-state index in [0.717, 1.165) is 4.47 Å². The van der Waals surface area contributed by atoms with Gasteiger partial charge in [0.1, 0.15) is 0 Å². The van der Waals surface area contributed by atoms with Crippen molar-refractivity contribution in [3.63, 3.8) is 0 Å². The Hall–Kier alpha value is -2.32. The number of nitrogens with zero attached hydrogens (tertiary/aromatic N) is 1. The molecule has 0 amide bonds. The third-order valence-electron chi connectivity index (χ3n) is 4.80. The third-order valence-corrected chi connectivity index (χ3v) is 5.30. The molecule has 5 aromatic rings. The van der Waals surface area contributed by atoms with Crippen LogP contribution in [0.15, 0.2) is 71.2 Å². The van der Waals surface area contributed by atoms with Crippen LogP contribution in [0, 0.1) is 0 Å². The number of hydrogen-bond donors (Lipinski definition) is 0. The fourth-order valence-corrected chi connectivity index (χ4v) is 4.07. The van der Waals surface area contributed by atoms with Crippen molar-refractivity contribution in [1.29, 1.82) is 0 Å². The molecule has 0 bridgehead atoms. The lowest BCUT2D eigenvalue weighted by Crippen LogP contribution is -1.88. The highest BCUT2D eigenvalue weighted by atomic mass is 79.9. The predicted octanol–water partition coefficient (Wildman–Crippen LogP) is 6.40. The molecule has 0 spiro atoms. The Kier molecular flexibility index (Phi) is 2.62. The number of aryl methyl sites for hydroxylation is 1. The van der Waals surface area contributed by atoms with Gasteiger partial charge in [0, 0.05) is 33.2 Å². The van der Waals surface area contributed by atoms with Crippen LogP contribution in [0.3, 0.4) is 0 Å². The molecule has 0 saturated carbocycles. The molecule has 0 aliphatic rings. The van der Waals surface area contributed by atoms with Crippen molar-refractivity contribution >= 4 is 59.3 Å². The van der Waals surface area contributed by atoms with Crippen LogP contribution in [-0.2, 0) is 7.05 Å². The Labute approximate surface area is 142 Å². The molecule has 0 radical (unpaired) electrons. The molecule has 0 saturated heterocycles. The van der Waals surface area contributed by atoms with Gasteiger partial charge in [0.2, 0.25) is 0 Å². The normalized spacial score (nSPS) is 11.9. The van der Waals surface area contributed by atoms with Crippen molar-refractivity contribution in [2.45, 2.75) is 0 Å². The Morgan fingerprint density at radius 1 is 0.696 bits per heavy atom. The average Bonchev–Trinajstić information content (AvgIpc) is 2.85. The summed E-state index contributed by atoms with van der Waals surface area (Å²) in [6.45, 7) is 0. The fourth-order valence-electron chi connectivity index (χ4n) is 3.71. The fraction of sp³-hybridized carbons (Fsp3) is 0.0476. The predicted molar refractivity (Wildman–Crippen MR) is 103 cm³/mol. The molecule has 0 fully saturated rings. The van der Waals surface area contributed by atoms with E-state index >= 15 is 0 Å². The minimum Gasteiger partial charge on any atom is -0.343 e. The van der Waals surface area contributed by atoms with Gasteiger partial charge in [-0.05, 0) is 46.5 Å². The molecule has 1 nitrogen and oxygen atoms in total. The standard InChI is InChI=1S/C21H14BrN/c1-23-20-9-7-16(22)12-19(20)17-8-6-15-10-13-4-2-3-5-14(13)11-18(15)21(17)23/h2-12H,1H3. The highest BCUT2D eigenvalue weighted by molar-refractivity contribution is 9.10. The Morgan fingerprint density at radius 2 is 1.48 bits per heavy atom. The van der Waals surface area contributed by atoms with Crippen molar-refractivity contribution in [2.24, 2.45) is 7.05 Å². The molecule has 1 heterocycles. The number of aromatic nitrogens is 1. The van der Waals surface area contributed by atoms with Gasteiger partial charge < -0.3 is 4.57 Å². The maximum absolute atomic E-state index is 3.60. The monoisotopic (exact) mass is 359 g/mol. The third kappa shape index (κ3) is 1.79. The van der Waals surface area contributed by atoms with Crippen molar-refractivity contribution in [3.8, 4) is 0 Å². The molecule has 0 unspecified atom stereocenters. The van der Waals surface area contributed by atoms with E-state index in [1.807, 2.05) is 0 Å². The van der Waals surface area contributed by atoms with E-state index in [-0.39, 0.29) is 0 Å². The molecular weight excluding hydrogens is 346 g/mol. The average molecular weight is 360 g/mol. The van der Waals surface area contributed by atoms with Gasteiger partial charge in [-0.25, -0.2) is 0 Å². The molecule has 0 aliphatic heterocycles. The van der Waals surface area contributed by atoms with Crippen molar-refractivity contribution in [1.82, 2.24) is 4.57 Å². The largest absolute Gasteiger partial charge is 0.343 e. The van der Waals surface area contributed by atoms with E-state index < -0.39 is 0 Å². The van der Waals surface area contributed by atoms with Gasteiger partial charge in [0.15, 0.2) is 0 Å². The summed E-state index contributed by atoms with van der Waals surface area (Å²) >= 11 is 3.60. The molecule has 23 heavy (non-hydrogen) atoms. The zero-order valence-electron chi connectivity index (χ0n) is 12.7. The molecule has 0 aliphatic carbocycles. The number of hydrogen-bond acceptors (Lipinski definition) is 0. The van der Waals surface area contributed by atoms with Crippen LogP contribution >= 0.6 is 15.9 Å². The first-order chi connectivity index (χ1) is 11.2. The van der Waals surface area contributed by atoms with Crippen LogP contribution < -0.4 is 0 Å². The first-order valence-corrected chi connectivity index (χ1v) is 8.51. The molecule has 4 aromatic carbocycles. The summed E-state index contributed by atoms with van der Waals surface area (Å²) in [4.78, 5) is 0. The molecule has 110 valence electrons. The number of fused-ring (bicyclic) bond motifs is 6. The number of rotatable bonds is 0. The summed E-state index contributed by atoms with van der Waals surface area (Å²) in [5.41, 5.74) is 2.57. The number of benzene rings is 4. The highest BCUT2D eigenvalue weighted by Crippen LogP contribution is 2.36. The van der Waals surface area contributed by atoms with E-state index in [0.29, 0.717) is 0 Å². The maximum Gasteiger partial charge on any atom is 0.0568 e. The summed E-state index contributed by atoms with van der Waals surface area (Å²) in [5, 5.41) is 7.80. The topological polar surface area (TPSA) is 4.93 Å². The molecule has 0 N–H and O–H groups in total. The molecule has 5 rings (SSSR count). The highest BCUT2D eigenvalue weighted by Gasteiger charge is 2.12. The van der Waals surface area contributed by atoms with Crippen LogP contribution in [0.25, 0.3) is 43.4 Å². The summed E-state index contributed by atoms with van der Waals surface area (Å²) in [5.74, 6) is 0. The van der Waals surface area contributed by atoms with Crippen molar-refractivity contribution in [3.05, 3.63) is 71.2 Å². The molecule has 0 atom stereocenters. The van der Waals surface area contributed by atoms with Gasteiger partial charge in [-0.2, -0.15) is 0 Å². The van der Waals surface area contributed by atoms with Crippen LogP contribution in [0.1, 0.15) is 0 Å².